The van der Waals surface area contributed by atoms with Crippen LogP contribution in [0, 0.1) is 11.8 Å². The summed E-state index contributed by atoms with van der Waals surface area (Å²) in [6, 6.07) is 0. The Morgan fingerprint density at radius 2 is 2.21 bits per heavy atom. The van der Waals surface area contributed by atoms with E-state index in [-0.39, 0.29) is 12.2 Å². The van der Waals surface area contributed by atoms with Crippen molar-refractivity contribution in [3.05, 3.63) is 11.6 Å². The summed E-state index contributed by atoms with van der Waals surface area (Å²) in [5.41, 5.74) is 1.10. The van der Waals surface area contributed by atoms with Crippen molar-refractivity contribution in [1.82, 2.24) is 4.90 Å². The van der Waals surface area contributed by atoms with E-state index in [1.54, 1.807) is 0 Å². The molecule has 0 bridgehead atoms. The number of hydrogen-bond acceptors (Lipinski definition) is 3. The molecule has 0 aliphatic carbocycles. The Morgan fingerprint density at radius 3 is 2.88 bits per heavy atom. The predicted molar refractivity (Wildman–Crippen MR) is 97.0 cm³/mol. The number of piperidine rings is 1. The van der Waals surface area contributed by atoms with Gasteiger partial charge in [0.05, 0.1) is 12.7 Å². The first-order valence-electron chi connectivity index (χ1n) is 9.57. The highest BCUT2D eigenvalue weighted by atomic mass is 16.6. The first kappa shape index (κ1) is 19.3. The number of rotatable bonds is 4. The molecule has 2 aliphatic rings. The highest BCUT2D eigenvalue weighted by Crippen LogP contribution is 2.30. The Labute approximate surface area is 147 Å². The number of carbonyl (C=O) groups is 1. The molecule has 3 unspecified atom stereocenters. The Morgan fingerprint density at radius 1 is 1.46 bits per heavy atom. The van der Waals surface area contributed by atoms with Gasteiger partial charge in [-0.25, -0.2) is 4.79 Å². The van der Waals surface area contributed by atoms with Gasteiger partial charge in [0.1, 0.15) is 5.60 Å². The Balaban J connectivity index is 1.88. The lowest BCUT2D eigenvalue weighted by Crippen LogP contribution is -2.44. The molecule has 2 rings (SSSR count). The van der Waals surface area contributed by atoms with Gasteiger partial charge in [-0.1, -0.05) is 25.5 Å². The van der Waals surface area contributed by atoms with E-state index in [1.165, 1.54) is 12.0 Å². The summed E-state index contributed by atoms with van der Waals surface area (Å²) < 4.78 is 11.5. The van der Waals surface area contributed by atoms with Crippen LogP contribution >= 0.6 is 0 Å². The third-order valence-electron chi connectivity index (χ3n) is 5.15. The molecule has 1 fully saturated rings. The molecule has 0 N–H and O–H groups in total. The maximum Gasteiger partial charge on any atom is 0.410 e. The van der Waals surface area contributed by atoms with Crippen LogP contribution in [0.5, 0.6) is 0 Å². The summed E-state index contributed by atoms with van der Waals surface area (Å²) in [5.74, 6) is 1.09. The second kappa shape index (κ2) is 8.37. The van der Waals surface area contributed by atoms with Gasteiger partial charge in [0.2, 0.25) is 0 Å². The van der Waals surface area contributed by atoms with Crippen molar-refractivity contribution in [1.29, 1.82) is 0 Å². The lowest BCUT2D eigenvalue weighted by Gasteiger charge is -2.37. The second-order valence-corrected chi connectivity index (χ2v) is 8.38. The van der Waals surface area contributed by atoms with Crippen LogP contribution in [0.4, 0.5) is 4.79 Å². The van der Waals surface area contributed by atoms with Gasteiger partial charge in [-0.15, -0.1) is 0 Å². The quantitative estimate of drug-likeness (QED) is 0.693. The fourth-order valence-electron chi connectivity index (χ4n) is 3.69. The molecule has 3 atom stereocenters. The zero-order valence-corrected chi connectivity index (χ0v) is 16.1. The molecule has 0 aromatic heterocycles. The SMILES string of the molecule is CCC1=CC(CC(C)C2CCCN(C(=O)OC(C)(C)C)C2)OCC1. The largest absolute Gasteiger partial charge is 0.444 e. The van der Waals surface area contributed by atoms with Crippen LogP contribution in [0.15, 0.2) is 11.6 Å². The lowest BCUT2D eigenvalue weighted by atomic mass is 9.83. The van der Waals surface area contributed by atoms with Crippen molar-refractivity contribution in [3.8, 4) is 0 Å². The van der Waals surface area contributed by atoms with Crippen LogP contribution < -0.4 is 0 Å². The van der Waals surface area contributed by atoms with E-state index in [2.05, 4.69) is 19.9 Å². The van der Waals surface area contributed by atoms with Gasteiger partial charge in [-0.3, -0.25) is 0 Å². The number of likely N-dealkylation sites (tertiary alicyclic amines) is 1. The van der Waals surface area contributed by atoms with E-state index >= 15 is 0 Å². The first-order valence-corrected chi connectivity index (χ1v) is 9.57. The fraction of sp³-hybridized carbons (Fsp3) is 0.850. The Bertz CT molecular complexity index is 452. The van der Waals surface area contributed by atoms with Gasteiger partial charge >= 0.3 is 6.09 Å². The van der Waals surface area contributed by atoms with Crippen molar-refractivity contribution in [2.45, 2.75) is 78.4 Å². The number of amides is 1. The summed E-state index contributed by atoms with van der Waals surface area (Å²) >= 11 is 0. The topological polar surface area (TPSA) is 38.8 Å². The standard InChI is InChI=1S/C20H35NO3/c1-6-16-9-11-23-18(13-16)12-15(2)17-8-7-10-21(14-17)19(22)24-20(3,4)5/h13,15,17-18H,6-12,14H2,1-5H3. The average Bonchev–Trinajstić information content (AvgIpc) is 2.53. The van der Waals surface area contributed by atoms with E-state index in [4.69, 9.17) is 9.47 Å². The van der Waals surface area contributed by atoms with E-state index in [1.807, 2.05) is 25.7 Å². The van der Waals surface area contributed by atoms with E-state index in [0.717, 1.165) is 45.4 Å². The van der Waals surface area contributed by atoms with Crippen LogP contribution in [0.25, 0.3) is 0 Å². The van der Waals surface area contributed by atoms with Gasteiger partial charge in [0, 0.05) is 13.1 Å². The molecule has 4 nitrogen and oxygen atoms in total. The number of nitrogens with zero attached hydrogens (tertiary/aromatic N) is 1. The molecule has 2 heterocycles. The van der Waals surface area contributed by atoms with Crippen molar-refractivity contribution in [3.63, 3.8) is 0 Å². The molecule has 4 heteroatoms. The molecular formula is C20H35NO3. The zero-order chi connectivity index (χ0) is 17.7. The third kappa shape index (κ3) is 5.80. The van der Waals surface area contributed by atoms with Crippen LogP contribution in [0.2, 0.25) is 0 Å². The number of hydrogen-bond donors (Lipinski definition) is 0. The number of carbonyl (C=O) groups excluding carboxylic acids is 1. The lowest BCUT2D eigenvalue weighted by molar-refractivity contribution is 0.00907. The monoisotopic (exact) mass is 337 g/mol. The minimum absolute atomic E-state index is 0.165. The van der Waals surface area contributed by atoms with Gasteiger partial charge < -0.3 is 14.4 Å². The summed E-state index contributed by atoms with van der Waals surface area (Å²) in [4.78, 5) is 14.2. The molecule has 0 aromatic rings. The fourth-order valence-corrected chi connectivity index (χ4v) is 3.69. The average molecular weight is 338 g/mol. The van der Waals surface area contributed by atoms with Gasteiger partial charge in [0.15, 0.2) is 0 Å². The highest BCUT2D eigenvalue weighted by Gasteiger charge is 2.31. The molecule has 0 aromatic carbocycles. The van der Waals surface area contributed by atoms with Crippen LogP contribution in [-0.4, -0.2) is 42.4 Å². The smallest absolute Gasteiger partial charge is 0.410 e. The third-order valence-corrected chi connectivity index (χ3v) is 5.15. The van der Waals surface area contributed by atoms with Crippen LogP contribution in [0.3, 0.4) is 0 Å². The molecule has 24 heavy (non-hydrogen) atoms. The molecular weight excluding hydrogens is 302 g/mol. The van der Waals surface area contributed by atoms with Gasteiger partial charge in [0.25, 0.3) is 0 Å². The van der Waals surface area contributed by atoms with E-state index < -0.39 is 5.60 Å². The van der Waals surface area contributed by atoms with E-state index in [0.29, 0.717) is 11.8 Å². The molecule has 2 aliphatic heterocycles. The summed E-state index contributed by atoms with van der Waals surface area (Å²) in [7, 11) is 0. The molecule has 138 valence electrons. The highest BCUT2D eigenvalue weighted by molar-refractivity contribution is 5.68. The first-order chi connectivity index (χ1) is 11.3. The summed E-state index contributed by atoms with van der Waals surface area (Å²) in [6.07, 6.45) is 7.93. The minimum atomic E-state index is -0.424. The molecule has 0 radical (unpaired) electrons. The molecule has 1 saturated heterocycles. The summed E-state index contributed by atoms with van der Waals surface area (Å²) in [5, 5.41) is 0. The van der Waals surface area contributed by atoms with Gasteiger partial charge in [-0.2, -0.15) is 0 Å². The Kier molecular flexibility index (Phi) is 6.73. The maximum atomic E-state index is 12.3. The Hall–Kier alpha value is -1.03. The van der Waals surface area contributed by atoms with Gasteiger partial charge in [-0.05, 0) is 64.7 Å². The van der Waals surface area contributed by atoms with Crippen molar-refractivity contribution < 1.29 is 14.3 Å². The summed E-state index contributed by atoms with van der Waals surface area (Å²) in [6.45, 7) is 12.8. The normalized spacial score (nSPS) is 26.7. The van der Waals surface area contributed by atoms with Crippen molar-refractivity contribution in [2.75, 3.05) is 19.7 Å². The maximum absolute atomic E-state index is 12.3. The zero-order valence-electron chi connectivity index (χ0n) is 16.1. The second-order valence-electron chi connectivity index (χ2n) is 8.38. The van der Waals surface area contributed by atoms with Crippen LogP contribution in [0.1, 0.15) is 66.7 Å². The molecule has 0 spiro atoms. The van der Waals surface area contributed by atoms with E-state index in [9.17, 15) is 4.79 Å². The molecule has 0 saturated carbocycles. The van der Waals surface area contributed by atoms with Crippen LogP contribution in [-0.2, 0) is 9.47 Å². The minimum Gasteiger partial charge on any atom is -0.444 e. The predicted octanol–water partition coefficient (Wildman–Crippen LogP) is 4.79. The van der Waals surface area contributed by atoms with Crippen molar-refractivity contribution in [2.24, 2.45) is 11.8 Å². The van der Waals surface area contributed by atoms with Crippen molar-refractivity contribution >= 4 is 6.09 Å². The number of ether oxygens (including phenoxy) is 2. The molecule has 1 amide bonds.